The standard InChI is InChI=1S/C45H31F2N5/c1-45(2)35-18-6-8-20-37(35)52(38-21-9-7-19-36(38)45)34-24-22-29(23-25-34)40-39(28-12-4-3-5-13-28)48-43-44(49-40)51-42(31-15-11-17-33(47)27-31)41(50-43)30-14-10-16-32(46)26-30/h3-27H,1-2H3. The zero-order chi connectivity index (χ0) is 35.4. The summed E-state index contributed by atoms with van der Waals surface area (Å²) < 4.78 is 29.0. The Morgan fingerprint density at radius 1 is 0.423 bits per heavy atom. The molecule has 0 aliphatic carbocycles. The molecule has 0 N–H and O–H groups in total. The first kappa shape index (κ1) is 31.4. The van der Waals surface area contributed by atoms with Gasteiger partial charge in [0.25, 0.3) is 0 Å². The second kappa shape index (κ2) is 12.3. The van der Waals surface area contributed by atoms with Gasteiger partial charge in [0.1, 0.15) is 11.6 Å². The maximum atomic E-state index is 14.5. The summed E-state index contributed by atoms with van der Waals surface area (Å²) in [5.41, 5.74) is 11.0. The predicted octanol–water partition coefficient (Wildman–Crippen LogP) is 11.5. The summed E-state index contributed by atoms with van der Waals surface area (Å²) in [6.45, 7) is 4.55. The van der Waals surface area contributed by atoms with Crippen LogP contribution in [0.2, 0.25) is 0 Å². The topological polar surface area (TPSA) is 54.8 Å². The van der Waals surface area contributed by atoms with Crippen molar-refractivity contribution in [3.05, 3.63) is 174 Å². The number of hydrogen-bond donors (Lipinski definition) is 0. The van der Waals surface area contributed by atoms with Crippen molar-refractivity contribution in [3.8, 4) is 45.0 Å². The molecule has 0 radical (unpaired) electrons. The molecular weight excluding hydrogens is 649 g/mol. The van der Waals surface area contributed by atoms with E-state index in [9.17, 15) is 8.78 Å². The van der Waals surface area contributed by atoms with E-state index in [1.807, 2.05) is 30.3 Å². The minimum absolute atomic E-state index is 0.158. The highest BCUT2D eigenvalue weighted by atomic mass is 19.1. The average molecular weight is 680 g/mol. The lowest BCUT2D eigenvalue weighted by molar-refractivity contribution is 0.627. The summed E-state index contributed by atoms with van der Waals surface area (Å²) in [5, 5.41) is 0. The maximum absolute atomic E-state index is 14.5. The minimum atomic E-state index is -0.418. The van der Waals surface area contributed by atoms with Crippen LogP contribution in [0.5, 0.6) is 0 Å². The molecule has 0 unspecified atom stereocenters. The molecule has 2 aromatic heterocycles. The van der Waals surface area contributed by atoms with Crippen LogP contribution < -0.4 is 4.90 Å². The number of anilines is 3. The SMILES string of the molecule is CC1(C)c2ccccc2N(c2ccc(-c3nc4nc(-c5cccc(F)c5)c(-c5cccc(F)c5)nc4nc3-c3ccccc3)cc2)c2ccccc21. The average Bonchev–Trinajstić information content (AvgIpc) is 3.18. The molecule has 0 atom stereocenters. The Morgan fingerprint density at radius 2 is 0.827 bits per heavy atom. The second-order valence-electron chi connectivity index (χ2n) is 13.4. The highest BCUT2D eigenvalue weighted by Gasteiger charge is 2.36. The Hall–Kier alpha value is -6.60. The fourth-order valence-electron chi connectivity index (χ4n) is 7.27. The largest absolute Gasteiger partial charge is 0.310 e. The van der Waals surface area contributed by atoms with E-state index in [0.717, 1.165) is 28.2 Å². The maximum Gasteiger partial charge on any atom is 0.199 e. The van der Waals surface area contributed by atoms with Gasteiger partial charge in [-0.1, -0.05) is 117 Å². The van der Waals surface area contributed by atoms with E-state index in [1.165, 1.54) is 35.4 Å². The molecule has 7 heteroatoms. The van der Waals surface area contributed by atoms with Gasteiger partial charge in [0.2, 0.25) is 0 Å². The Balaban J connectivity index is 1.23. The smallest absolute Gasteiger partial charge is 0.199 e. The summed E-state index contributed by atoms with van der Waals surface area (Å²) in [6.07, 6.45) is 0. The summed E-state index contributed by atoms with van der Waals surface area (Å²) in [6, 6.07) is 47.6. The molecule has 250 valence electrons. The summed E-state index contributed by atoms with van der Waals surface area (Å²) in [7, 11) is 0. The fourth-order valence-corrected chi connectivity index (χ4v) is 7.27. The van der Waals surface area contributed by atoms with Gasteiger partial charge in [-0.25, -0.2) is 28.7 Å². The first-order valence-electron chi connectivity index (χ1n) is 17.1. The van der Waals surface area contributed by atoms with Crippen LogP contribution in [0.4, 0.5) is 25.8 Å². The third-order valence-corrected chi connectivity index (χ3v) is 9.80. The molecule has 0 bridgehead atoms. The number of benzene rings is 6. The third-order valence-electron chi connectivity index (χ3n) is 9.80. The van der Waals surface area contributed by atoms with Crippen LogP contribution in [0.1, 0.15) is 25.0 Å². The van der Waals surface area contributed by atoms with Crippen LogP contribution in [-0.4, -0.2) is 19.9 Å². The lowest BCUT2D eigenvalue weighted by atomic mass is 9.73. The molecule has 0 saturated carbocycles. The molecule has 0 saturated heterocycles. The van der Waals surface area contributed by atoms with Gasteiger partial charge in [0.15, 0.2) is 11.3 Å². The minimum Gasteiger partial charge on any atom is -0.310 e. The third kappa shape index (κ3) is 5.29. The lowest BCUT2D eigenvalue weighted by Crippen LogP contribution is -2.30. The molecule has 6 aromatic carbocycles. The van der Waals surface area contributed by atoms with Crippen molar-refractivity contribution in [1.82, 2.24) is 19.9 Å². The monoisotopic (exact) mass is 679 g/mol. The highest BCUT2D eigenvalue weighted by Crippen LogP contribution is 2.51. The van der Waals surface area contributed by atoms with Crippen LogP contribution in [-0.2, 0) is 5.41 Å². The zero-order valence-corrected chi connectivity index (χ0v) is 28.4. The van der Waals surface area contributed by atoms with Crippen LogP contribution in [0.25, 0.3) is 56.3 Å². The molecule has 52 heavy (non-hydrogen) atoms. The van der Waals surface area contributed by atoms with Crippen LogP contribution in [0.15, 0.2) is 152 Å². The Labute approximate surface area is 300 Å². The van der Waals surface area contributed by atoms with Gasteiger partial charge in [-0.15, -0.1) is 0 Å². The van der Waals surface area contributed by atoms with Crippen molar-refractivity contribution in [2.45, 2.75) is 19.3 Å². The highest BCUT2D eigenvalue weighted by molar-refractivity contribution is 5.90. The van der Waals surface area contributed by atoms with E-state index in [1.54, 1.807) is 24.3 Å². The first-order valence-corrected chi connectivity index (χ1v) is 17.1. The molecule has 1 aliphatic heterocycles. The van der Waals surface area contributed by atoms with Crippen molar-refractivity contribution in [3.63, 3.8) is 0 Å². The van der Waals surface area contributed by atoms with Gasteiger partial charge in [-0.2, -0.15) is 0 Å². The quantitative estimate of drug-likeness (QED) is 0.181. The number of halogens is 2. The molecule has 0 spiro atoms. The van der Waals surface area contributed by atoms with E-state index in [0.29, 0.717) is 45.2 Å². The van der Waals surface area contributed by atoms with Crippen molar-refractivity contribution >= 4 is 28.4 Å². The predicted molar refractivity (Wildman–Crippen MR) is 204 cm³/mol. The number of fused-ring (bicyclic) bond motifs is 3. The number of rotatable bonds is 5. The molecule has 1 aliphatic rings. The molecule has 9 rings (SSSR count). The van der Waals surface area contributed by atoms with Crippen LogP contribution >= 0.6 is 0 Å². The lowest BCUT2D eigenvalue weighted by Gasteiger charge is -2.42. The van der Waals surface area contributed by atoms with Gasteiger partial charge in [-0.3, -0.25) is 0 Å². The van der Waals surface area contributed by atoms with Gasteiger partial charge < -0.3 is 4.90 Å². The number of aromatic nitrogens is 4. The Bertz CT molecular complexity index is 2590. The normalized spacial score (nSPS) is 13.1. The van der Waals surface area contributed by atoms with Crippen molar-refractivity contribution < 1.29 is 8.78 Å². The van der Waals surface area contributed by atoms with E-state index in [-0.39, 0.29) is 5.41 Å². The molecule has 3 heterocycles. The van der Waals surface area contributed by atoms with Crippen LogP contribution in [0, 0.1) is 11.6 Å². The first-order chi connectivity index (χ1) is 25.3. The van der Waals surface area contributed by atoms with Crippen molar-refractivity contribution in [2.24, 2.45) is 0 Å². The number of para-hydroxylation sites is 2. The summed E-state index contributed by atoms with van der Waals surface area (Å²) in [4.78, 5) is 22.3. The molecule has 0 amide bonds. The molecule has 8 aromatic rings. The van der Waals surface area contributed by atoms with E-state index in [2.05, 4.69) is 91.5 Å². The van der Waals surface area contributed by atoms with Gasteiger partial charge in [0, 0.05) is 33.4 Å². The second-order valence-corrected chi connectivity index (χ2v) is 13.4. The summed E-state index contributed by atoms with van der Waals surface area (Å²) in [5.74, 6) is -0.835. The fraction of sp³-hybridized carbons (Fsp3) is 0.0667. The van der Waals surface area contributed by atoms with Crippen molar-refractivity contribution in [1.29, 1.82) is 0 Å². The zero-order valence-electron chi connectivity index (χ0n) is 28.4. The van der Waals surface area contributed by atoms with E-state index < -0.39 is 11.6 Å². The van der Waals surface area contributed by atoms with E-state index in [4.69, 9.17) is 19.9 Å². The molecular formula is C45H31F2N5. The van der Waals surface area contributed by atoms with E-state index >= 15 is 0 Å². The van der Waals surface area contributed by atoms with Gasteiger partial charge in [0.05, 0.1) is 34.2 Å². The number of hydrogen-bond acceptors (Lipinski definition) is 5. The molecule has 5 nitrogen and oxygen atoms in total. The van der Waals surface area contributed by atoms with Gasteiger partial charge >= 0.3 is 0 Å². The Morgan fingerprint density at radius 3 is 1.31 bits per heavy atom. The Kier molecular flexibility index (Phi) is 7.43. The summed E-state index contributed by atoms with van der Waals surface area (Å²) >= 11 is 0. The molecule has 0 fully saturated rings. The number of nitrogens with zero attached hydrogens (tertiary/aromatic N) is 5. The van der Waals surface area contributed by atoms with Gasteiger partial charge in [-0.05, 0) is 59.7 Å². The van der Waals surface area contributed by atoms with Crippen molar-refractivity contribution in [2.75, 3.05) is 4.90 Å². The van der Waals surface area contributed by atoms with Crippen LogP contribution in [0.3, 0.4) is 0 Å².